The SMILES string of the molecule is Cc1ccc(C)c(S(=O)(=O)N2CCC[C@H](C(=O)NCc3cccnc3)C2)c1. The number of aromatic nitrogens is 1. The number of amides is 1. The van der Waals surface area contributed by atoms with Crippen LogP contribution in [0.15, 0.2) is 47.6 Å². The van der Waals surface area contributed by atoms with Crippen molar-refractivity contribution in [3.8, 4) is 0 Å². The average Bonchev–Trinajstić information content (AvgIpc) is 2.68. The summed E-state index contributed by atoms with van der Waals surface area (Å²) in [6.07, 6.45) is 4.76. The van der Waals surface area contributed by atoms with Crippen molar-refractivity contribution < 1.29 is 13.2 Å². The Morgan fingerprint density at radius 1 is 1.30 bits per heavy atom. The normalized spacial score (nSPS) is 18.2. The molecule has 144 valence electrons. The summed E-state index contributed by atoms with van der Waals surface area (Å²) < 4.78 is 27.6. The van der Waals surface area contributed by atoms with Crippen LogP contribution in [0.4, 0.5) is 0 Å². The molecule has 0 unspecified atom stereocenters. The molecule has 1 aliphatic heterocycles. The lowest BCUT2D eigenvalue weighted by Gasteiger charge is -2.31. The Hall–Kier alpha value is -2.25. The minimum Gasteiger partial charge on any atom is -0.352 e. The fraction of sp³-hybridized carbons (Fsp3) is 0.400. The Bertz CT molecular complexity index is 913. The van der Waals surface area contributed by atoms with Crippen molar-refractivity contribution in [1.82, 2.24) is 14.6 Å². The molecule has 3 rings (SSSR count). The van der Waals surface area contributed by atoms with Gasteiger partial charge in [-0.05, 0) is 55.5 Å². The number of hydrogen-bond acceptors (Lipinski definition) is 4. The van der Waals surface area contributed by atoms with Gasteiger partial charge < -0.3 is 5.32 Å². The lowest BCUT2D eigenvalue weighted by Crippen LogP contribution is -2.45. The summed E-state index contributed by atoms with van der Waals surface area (Å²) in [6, 6.07) is 9.15. The van der Waals surface area contributed by atoms with Crippen LogP contribution in [0.3, 0.4) is 0 Å². The quantitative estimate of drug-likeness (QED) is 0.854. The highest BCUT2D eigenvalue weighted by Gasteiger charge is 2.33. The maximum absolute atomic E-state index is 13.1. The first-order chi connectivity index (χ1) is 12.9. The number of pyridine rings is 1. The first-order valence-corrected chi connectivity index (χ1v) is 10.6. The number of carbonyl (C=O) groups excluding carboxylic acids is 1. The summed E-state index contributed by atoms with van der Waals surface area (Å²) in [6.45, 7) is 4.74. The van der Waals surface area contributed by atoms with Crippen LogP contribution in [0.1, 0.15) is 29.5 Å². The van der Waals surface area contributed by atoms with Crippen molar-refractivity contribution in [3.63, 3.8) is 0 Å². The number of nitrogens with one attached hydrogen (secondary N) is 1. The van der Waals surface area contributed by atoms with Crippen molar-refractivity contribution >= 4 is 15.9 Å². The van der Waals surface area contributed by atoms with E-state index in [4.69, 9.17) is 0 Å². The second-order valence-electron chi connectivity index (χ2n) is 7.05. The van der Waals surface area contributed by atoms with Crippen LogP contribution in [0, 0.1) is 19.8 Å². The van der Waals surface area contributed by atoms with E-state index in [0.29, 0.717) is 30.8 Å². The summed E-state index contributed by atoms with van der Waals surface area (Å²) in [5.74, 6) is -0.449. The zero-order chi connectivity index (χ0) is 19.4. The fourth-order valence-corrected chi connectivity index (χ4v) is 5.17. The highest BCUT2D eigenvalue weighted by molar-refractivity contribution is 7.89. The Morgan fingerprint density at radius 2 is 2.11 bits per heavy atom. The van der Waals surface area contributed by atoms with Crippen molar-refractivity contribution in [2.45, 2.75) is 38.1 Å². The second-order valence-corrected chi connectivity index (χ2v) is 8.96. The molecule has 2 heterocycles. The summed E-state index contributed by atoms with van der Waals surface area (Å²) in [4.78, 5) is 16.9. The predicted octanol–water partition coefficient (Wildman–Crippen LogP) is 2.42. The average molecular weight is 388 g/mol. The molecule has 7 heteroatoms. The standard InChI is InChI=1S/C20H25N3O3S/c1-15-7-8-16(2)19(11-15)27(25,26)23-10-4-6-18(14-23)20(24)22-13-17-5-3-9-21-12-17/h3,5,7-9,11-12,18H,4,6,10,13-14H2,1-2H3,(H,22,24)/t18-/m0/s1. The van der Waals surface area contributed by atoms with Crippen LogP contribution in [-0.2, 0) is 21.4 Å². The molecule has 1 aromatic heterocycles. The molecule has 0 radical (unpaired) electrons. The maximum atomic E-state index is 13.1. The van der Waals surface area contributed by atoms with E-state index in [1.165, 1.54) is 4.31 Å². The number of hydrogen-bond donors (Lipinski definition) is 1. The number of aryl methyl sites for hydroxylation is 2. The minimum atomic E-state index is -3.61. The van der Waals surface area contributed by atoms with Crippen LogP contribution < -0.4 is 5.32 Å². The molecule has 1 atom stereocenters. The Morgan fingerprint density at radius 3 is 2.85 bits per heavy atom. The maximum Gasteiger partial charge on any atom is 0.243 e. The number of rotatable bonds is 5. The van der Waals surface area contributed by atoms with Crippen molar-refractivity contribution in [2.24, 2.45) is 5.92 Å². The fourth-order valence-electron chi connectivity index (χ4n) is 3.34. The molecule has 2 aromatic rings. The van der Waals surface area contributed by atoms with Gasteiger partial charge in [0, 0.05) is 32.0 Å². The van der Waals surface area contributed by atoms with Crippen LogP contribution >= 0.6 is 0 Å². The molecular weight excluding hydrogens is 362 g/mol. The van der Waals surface area contributed by atoms with Gasteiger partial charge in [0.25, 0.3) is 0 Å². The van der Waals surface area contributed by atoms with E-state index in [0.717, 1.165) is 16.7 Å². The largest absolute Gasteiger partial charge is 0.352 e. The Labute approximate surface area is 160 Å². The summed E-state index contributed by atoms with van der Waals surface area (Å²) in [7, 11) is -3.61. The molecule has 6 nitrogen and oxygen atoms in total. The van der Waals surface area contributed by atoms with Crippen LogP contribution in [0.2, 0.25) is 0 Å². The van der Waals surface area contributed by atoms with Crippen LogP contribution in [-0.4, -0.2) is 36.7 Å². The summed E-state index contributed by atoms with van der Waals surface area (Å²) in [5, 5.41) is 2.90. The van der Waals surface area contributed by atoms with Gasteiger partial charge in [0.15, 0.2) is 0 Å². The molecule has 1 fully saturated rings. The Kier molecular flexibility index (Phi) is 5.92. The number of piperidine rings is 1. The summed E-state index contributed by atoms with van der Waals surface area (Å²) >= 11 is 0. The van der Waals surface area contributed by atoms with Gasteiger partial charge >= 0.3 is 0 Å². The molecule has 27 heavy (non-hydrogen) atoms. The van der Waals surface area contributed by atoms with Crippen LogP contribution in [0.5, 0.6) is 0 Å². The van der Waals surface area contributed by atoms with E-state index in [2.05, 4.69) is 10.3 Å². The van der Waals surface area contributed by atoms with Crippen LogP contribution in [0.25, 0.3) is 0 Å². The van der Waals surface area contributed by atoms with Gasteiger partial charge in [0.1, 0.15) is 0 Å². The molecule has 1 amide bonds. The molecule has 0 bridgehead atoms. The molecule has 0 saturated carbocycles. The van der Waals surface area contributed by atoms with Gasteiger partial charge in [0.2, 0.25) is 15.9 Å². The van der Waals surface area contributed by atoms with E-state index in [9.17, 15) is 13.2 Å². The van der Waals surface area contributed by atoms with E-state index in [1.54, 1.807) is 25.4 Å². The molecule has 1 aromatic carbocycles. The lowest BCUT2D eigenvalue weighted by atomic mass is 9.99. The first-order valence-electron chi connectivity index (χ1n) is 9.12. The molecule has 0 aliphatic carbocycles. The minimum absolute atomic E-state index is 0.111. The van der Waals surface area contributed by atoms with E-state index < -0.39 is 10.0 Å². The monoisotopic (exact) mass is 387 g/mol. The zero-order valence-electron chi connectivity index (χ0n) is 15.7. The number of carbonyl (C=O) groups is 1. The third-order valence-electron chi connectivity index (χ3n) is 4.91. The van der Waals surface area contributed by atoms with Gasteiger partial charge in [-0.15, -0.1) is 0 Å². The highest BCUT2D eigenvalue weighted by atomic mass is 32.2. The molecule has 0 spiro atoms. The summed E-state index contributed by atoms with van der Waals surface area (Å²) in [5.41, 5.74) is 2.55. The highest BCUT2D eigenvalue weighted by Crippen LogP contribution is 2.26. The van der Waals surface area contributed by atoms with Gasteiger partial charge in [-0.1, -0.05) is 18.2 Å². The lowest BCUT2D eigenvalue weighted by molar-refractivity contribution is -0.126. The third kappa shape index (κ3) is 4.54. The molecule has 1 saturated heterocycles. The van der Waals surface area contributed by atoms with E-state index in [-0.39, 0.29) is 18.4 Å². The Balaban J connectivity index is 1.69. The molecular formula is C20H25N3O3S. The number of sulfonamides is 1. The molecule has 1 aliphatic rings. The van der Waals surface area contributed by atoms with Gasteiger partial charge in [-0.25, -0.2) is 8.42 Å². The van der Waals surface area contributed by atoms with Gasteiger partial charge in [0.05, 0.1) is 10.8 Å². The third-order valence-corrected chi connectivity index (χ3v) is 6.91. The predicted molar refractivity (Wildman–Crippen MR) is 103 cm³/mol. The number of nitrogens with zero attached hydrogens (tertiary/aromatic N) is 2. The van der Waals surface area contributed by atoms with Crippen molar-refractivity contribution in [3.05, 3.63) is 59.4 Å². The number of benzene rings is 1. The topological polar surface area (TPSA) is 79.4 Å². The van der Waals surface area contributed by atoms with Gasteiger partial charge in [-0.2, -0.15) is 4.31 Å². The zero-order valence-corrected chi connectivity index (χ0v) is 16.5. The smallest absolute Gasteiger partial charge is 0.243 e. The van der Waals surface area contributed by atoms with E-state index >= 15 is 0 Å². The van der Waals surface area contributed by atoms with Gasteiger partial charge in [-0.3, -0.25) is 9.78 Å². The van der Waals surface area contributed by atoms with Crippen molar-refractivity contribution in [1.29, 1.82) is 0 Å². The van der Waals surface area contributed by atoms with E-state index in [1.807, 2.05) is 31.2 Å². The van der Waals surface area contributed by atoms with Crippen molar-refractivity contribution in [2.75, 3.05) is 13.1 Å². The second kappa shape index (κ2) is 8.19. The molecule has 1 N–H and O–H groups in total. The first kappa shape index (κ1) is 19.5.